The van der Waals surface area contributed by atoms with E-state index < -0.39 is 20.7 Å². The van der Waals surface area contributed by atoms with E-state index in [1.807, 2.05) is 10.6 Å². The van der Waals surface area contributed by atoms with Crippen molar-refractivity contribution in [1.82, 2.24) is 9.55 Å². The Labute approximate surface area is 174 Å². The molecule has 0 fully saturated rings. The maximum absolute atomic E-state index is 11.1. The maximum atomic E-state index is 11.1. The lowest BCUT2D eigenvalue weighted by atomic mass is 9.85. The normalized spacial score (nSPS) is 14.8. The first-order valence-electron chi connectivity index (χ1n) is 9.46. The van der Waals surface area contributed by atoms with Gasteiger partial charge in [-0.15, -0.1) is 0 Å². The van der Waals surface area contributed by atoms with E-state index in [2.05, 4.69) is 44.9 Å². The Balaban J connectivity index is 2.72. The Hall–Kier alpha value is -1.65. The Morgan fingerprint density at radius 3 is 2.39 bits per heavy atom. The zero-order valence-corrected chi connectivity index (χ0v) is 19.6. The molecule has 0 spiro atoms. The van der Waals surface area contributed by atoms with Crippen molar-refractivity contribution >= 4 is 20.6 Å². The van der Waals surface area contributed by atoms with Crippen LogP contribution in [-0.2, 0) is 4.43 Å². The first-order valence-corrected chi connectivity index (χ1v) is 12.6. The van der Waals surface area contributed by atoms with Crippen LogP contribution in [0, 0.1) is 16.7 Å². The molecule has 1 aromatic carbocycles. The number of imidazole rings is 1. The summed E-state index contributed by atoms with van der Waals surface area (Å²) in [4.78, 5) is 4.37. The van der Waals surface area contributed by atoms with Gasteiger partial charge in [0.05, 0.1) is 46.6 Å². The molecule has 28 heavy (non-hydrogen) atoms. The van der Waals surface area contributed by atoms with Gasteiger partial charge in [0.25, 0.3) is 0 Å². The maximum Gasteiger partial charge on any atom is 0.171 e. The summed E-state index contributed by atoms with van der Waals surface area (Å²) in [6.07, 6.45) is 3.31. The topological polar surface area (TPSA) is 71.1 Å². The van der Waals surface area contributed by atoms with E-state index in [4.69, 9.17) is 16.0 Å². The predicted molar refractivity (Wildman–Crippen MR) is 115 cm³/mol. The Morgan fingerprint density at radius 1 is 1.25 bits per heavy atom. The minimum Gasteiger partial charge on any atom is -0.412 e. The second-order valence-corrected chi connectivity index (χ2v) is 11.8. The lowest BCUT2D eigenvalue weighted by Gasteiger charge is -2.37. The predicted octanol–water partition coefficient (Wildman–Crippen LogP) is 4.86. The van der Waals surface area contributed by atoms with Crippen LogP contribution in [0.4, 0.5) is 0 Å². The minimum absolute atomic E-state index is 0.161. The van der Waals surface area contributed by atoms with Crippen LogP contribution in [0.3, 0.4) is 0 Å². The first-order chi connectivity index (χ1) is 12.9. The number of hydrogen-bond donors (Lipinski definition) is 1. The van der Waals surface area contributed by atoms with Crippen molar-refractivity contribution in [3.63, 3.8) is 0 Å². The fraction of sp³-hybridized carbons (Fsp3) is 0.524. The molecule has 0 aliphatic carbocycles. The lowest BCUT2D eigenvalue weighted by molar-refractivity contribution is 0.0290. The summed E-state index contributed by atoms with van der Waals surface area (Å²) in [6.45, 7) is 14.1. The van der Waals surface area contributed by atoms with Gasteiger partial charge in [-0.05, 0) is 44.0 Å². The number of hydrogen-bond acceptors (Lipinski definition) is 4. The molecule has 7 heteroatoms. The first kappa shape index (κ1) is 22.6. The van der Waals surface area contributed by atoms with Crippen molar-refractivity contribution in [2.45, 2.75) is 65.5 Å². The van der Waals surface area contributed by atoms with E-state index in [-0.39, 0.29) is 11.5 Å². The molecule has 5 nitrogen and oxygen atoms in total. The molecule has 0 radical (unpaired) electrons. The molecule has 2 unspecified atom stereocenters. The summed E-state index contributed by atoms with van der Waals surface area (Å²) in [6, 6.07) is 6.97. The summed E-state index contributed by atoms with van der Waals surface area (Å²) in [5, 5.41) is 21.1. The lowest BCUT2D eigenvalue weighted by Crippen LogP contribution is -2.37. The van der Waals surface area contributed by atoms with E-state index in [0.29, 0.717) is 16.1 Å². The molecule has 2 atom stereocenters. The fourth-order valence-corrected chi connectivity index (χ4v) is 4.80. The highest BCUT2D eigenvalue weighted by atomic mass is 35.5. The minimum atomic E-state index is -1.34. The van der Waals surface area contributed by atoms with Gasteiger partial charge >= 0.3 is 0 Å². The zero-order valence-electron chi connectivity index (χ0n) is 17.7. The van der Waals surface area contributed by atoms with Gasteiger partial charge in [-0.1, -0.05) is 44.5 Å². The highest BCUT2D eigenvalue weighted by Crippen LogP contribution is 2.41. The van der Waals surface area contributed by atoms with Gasteiger partial charge in [-0.25, -0.2) is 4.98 Å². The number of rotatable bonds is 6. The summed E-state index contributed by atoms with van der Waals surface area (Å²) in [5.74, 6) is 0. The Kier molecular flexibility index (Phi) is 6.77. The molecule has 0 bridgehead atoms. The average Bonchev–Trinajstić information content (AvgIpc) is 2.99. The molecule has 2 aromatic rings. The number of nitriles is 1. The number of aromatic nitrogens is 2. The van der Waals surface area contributed by atoms with Crippen LogP contribution in [0.5, 0.6) is 0 Å². The average molecular weight is 420 g/mol. The molecule has 0 aliphatic heterocycles. The molecule has 1 heterocycles. The van der Waals surface area contributed by atoms with E-state index in [1.165, 1.54) is 0 Å². The monoisotopic (exact) mass is 419 g/mol. The third kappa shape index (κ3) is 4.84. The van der Waals surface area contributed by atoms with Crippen molar-refractivity contribution < 1.29 is 9.53 Å². The van der Waals surface area contributed by atoms with Crippen LogP contribution >= 0.6 is 11.6 Å². The smallest absolute Gasteiger partial charge is 0.171 e. The van der Waals surface area contributed by atoms with Crippen molar-refractivity contribution in [1.29, 1.82) is 5.26 Å². The number of aliphatic hydroxyl groups is 1. The molecule has 0 amide bonds. The highest BCUT2D eigenvalue weighted by molar-refractivity contribution is 6.48. The molecule has 1 N–H and O–H groups in total. The summed E-state index contributed by atoms with van der Waals surface area (Å²) in [5.41, 5.74) is 0.581. The number of halogens is 1. The van der Waals surface area contributed by atoms with Crippen LogP contribution in [0.15, 0.2) is 30.7 Å². The third-order valence-corrected chi connectivity index (χ3v) is 5.69. The molecule has 0 saturated heterocycles. The van der Waals surface area contributed by atoms with Gasteiger partial charge < -0.3 is 14.1 Å². The van der Waals surface area contributed by atoms with Crippen LogP contribution in [0.1, 0.15) is 63.6 Å². The summed E-state index contributed by atoms with van der Waals surface area (Å²) in [7, 11) is -1.34. The van der Waals surface area contributed by atoms with Crippen molar-refractivity contribution in [3.8, 4) is 6.07 Å². The molecule has 0 aliphatic rings. The van der Waals surface area contributed by atoms with Crippen LogP contribution in [-0.4, -0.2) is 29.3 Å². The number of benzene rings is 1. The van der Waals surface area contributed by atoms with E-state index >= 15 is 0 Å². The molecule has 152 valence electrons. The van der Waals surface area contributed by atoms with Crippen molar-refractivity contribution in [3.05, 3.63) is 52.6 Å². The molecular weight excluding hydrogens is 390 g/mol. The summed E-state index contributed by atoms with van der Waals surface area (Å²) < 4.78 is 8.31. The number of nitrogens with zero attached hydrogens (tertiary/aromatic N) is 3. The highest BCUT2D eigenvalue weighted by Gasteiger charge is 2.37. The standard InChI is InChI=1S/C21H30ClN3O2Si/c1-20(2,3)19(27-28(6)7)17-12-24-13-25(17)18(21(4,5)26)14-9-8-10-16(22)15(14)11-23/h8-10,12-13,18-19,26,28H,1-7H3. The molecular formula is C21H30ClN3O2Si. The third-order valence-electron chi connectivity index (χ3n) is 4.56. The van der Waals surface area contributed by atoms with Gasteiger partial charge in [0, 0.05) is 0 Å². The zero-order chi connectivity index (χ0) is 21.3. The van der Waals surface area contributed by atoms with Gasteiger partial charge in [-0.2, -0.15) is 5.26 Å². The molecule has 1 aromatic heterocycles. The largest absolute Gasteiger partial charge is 0.412 e. The quantitative estimate of drug-likeness (QED) is 0.679. The van der Waals surface area contributed by atoms with Crippen LogP contribution < -0.4 is 0 Å². The van der Waals surface area contributed by atoms with Gasteiger partial charge in [-0.3, -0.25) is 0 Å². The SMILES string of the molecule is C[SiH](C)OC(c1cncn1C(c1cccc(Cl)c1C#N)C(C)(C)O)C(C)(C)C. The van der Waals surface area contributed by atoms with Crippen LogP contribution in [0.25, 0.3) is 0 Å². The summed E-state index contributed by atoms with van der Waals surface area (Å²) >= 11 is 6.28. The second-order valence-electron chi connectivity index (χ2n) is 9.03. The molecule has 2 rings (SSSR count). The van der Waals surface area contributed by atoms with Gasteiger partial charge in [0.15, 0.2) is 9.04 Å². The van der Waals surface area contributed by atoms with Gasteiger partial charge in [0.1, 0.15) is 6.07 Å². The van der Waals surface area contributed by atoms with E-state index in [1.54, 1.807) is 38.5 Å². The van der Waals surface area contributed by atoms with Gasteiger partial charge in [0.2, 0.25) is 0 Å². The van der Waals surface area contributed by atoms with Crippen molar-refractivity contribution in [2.75, 3.05) is 0 Å². The van der Waals surface area contributed by atoms with E-state index in [9.17, 15) is 10.4 Å². The van der Waals surface area contributed by atoms with Crippen LogP contribution in [0.2, 0.25) is 18.1 Å². The fourth-order valence-electron chi connectivity index (χ4n) is 3.48. The second kappa shape index (κ2) is 8.38. The molecule has 0 saturated carbocycles. The van der Waals surface area contributed by atoms with Crippen molar-refractivity contribution in [2.24, 2.45) is 5.41 Å². The Bertz CT molecular complexity index is 860. The Morgan fingerprint density at radius 2 is 1.89 bits per heavy atom. The van der Waals surface area contributed by atoms with E-state index in [0.717, 1.165) is 5.69 Å².